The van der Waals surface area contributed by atoms with E-state index in [-0.39, 0.29) is 0 Å². The van der Waals surface area contributed by atoms with Crippen molar-refractivity contribution in [2.24, 2.45) is 4.99 Å². The molecule has 5 heteroatoms. The van der Waals surface area contributed by atoms with Gasteiger partial charge in [0.05, 0.1) is 19.8 Å². The molecule has 88 valence electrons. The third-order valence-electron chi connectivity index (χ3n) is 2.01. The van der Waals surface area contributed by atoms with E-state index in [1.165, 1.54) is 0 Å². The largest absolute Gasteiger partial charge is 0.378 e. The Morgan fingerprint density at radius 3 is 2.93 bits per heavy atom. The topological polar surface area (TPSA) is 36.9 Å². The number of nitrogens with one attached hydrogen (secondary N) is 1. The molecule has 1 fully saturated rings. The van der Waals surface area contributed by atoms with Crippen molar-refractivity contribution in [1.29, 1.82) is 0 Å². The molecule has 0 spiro atoms. The van der Waals surface area contributed by atoms with Crippen molar-refractivity contribution in [2.45, 2.75) is 13.0 Å². The van der Waals surface area contributed by atoms with E-state index in [0.717, 1.165) is 30.6 Å². The first-order valence-corrected chi connectivity index (χ1v) is 6.33. The van der Waals surface area contributed by atoms with Crippen LogP contribution in [-0.2, 0) is 4.74 Å². The highest BCUT2D eigenvalue weighted by molar-refractivity contribution is 8.14. The van der Waals surface area contributed by atoms with Gasteiger partial charge in [-0.1, -0.05) is 11.8 Å². The molecule has 1 rings (SSSR count). The Bertz CT molecular complexity index is 209. The molecule has 1 aliphatic rings. The zero-order valence-corrected chi connectivity index (χ0v) is 10.6. The quantitative estimate of drug-likeness (QED) is 0.681. The monoisotopic (exact) mass is 231 g/mol. The molecule has 1 aliphatic heterocycles. The maximum Gasteiger partial charge on any atom is 0.156 e. The number of rotatable bonds is 6. The van der Waals surface area contributed by atoms with Crippen molar-refractivity contribution in [1.82, 2.24) is 10.2 Å². The number of thioether (sulfide) groups is 1. The third kappa shape index (κ3) is 6.02. The molecular weight excluding hydrogens is 210 g/mol. The van der Waals surface area contributed by atoms with Crippen molar-refractivity contribution >= 4 is 16.9 Å². The maximum atomic E-state index is 5.45. The molecule has 0 aromatic heterocycles. The standard InChI is InChI=1S/C10H21N3OS/c1-9-8-15-10(12-9)11-4-6-14-7-5-13(2)3/h9H,4-8H2,1-3H3,(H,11,12). The summed E-state index contributed by atoms with van der Waals surface area (Å²) in [7, 11) is 4.09. The van der Waals surface area contributed by atoms with Gasteiger partial charge in [-0.3, -0.25) is 4.99 Å². The second kappa shape index (κ2) is 7.09. The molecular formula is C10H21N3OS. The van der Waals surface area contributed by atoms with Gasteiger partial charge in [-0.25, -0.2) is 0 Å². The predicted molar refractivity (Wildman–Crippen MR) is 66.7 cm³/mol. The Balaban J connectivity index is 1.97. The van der Waals surface area contributed by atoms with Gasteiger partial charge in [0, 0.05) is 18.3 Å². The number of amidine groups is 1. The summed E-state index contributed by atoms with van der Waals surface area (Å²) in [6.45, 7) is 5.40. The van der Waals surface area contributed by atoms with E-state index in [0.29, 0.717) is 12.6 Å². The normalized spacial score (nSPS) is 23.7. The molecule has 0 aromatic carbocycles. The molecule has 1 saturated heterocycles. The molecule has 0 saturated carbocycles. The first kappa shape index (κ1) is 12.8. The Hall–Kier alpha value is -0.260. The average Bonchev–Trinajstić information content (AvgIpc) is 2.57. The molecule has 0 radical (unpaired) electrons. The summed E-state index contributed by atoms with van der Waals surface area (Å²) >= 11 is 1.79. The van der Waals surface area contributed by atoms with E-state index in [2.05, 4.69) is 22.1 Å². The number of ether oxygens (including phenoxy) is 1. The van der Waals surface area contributed by atoms with Gasteiger partial charge in [-0.2, -0.15) is 0 Å². The van der Waals surface area contributed by atoms with Crippen molar-refractivity contribution in [2.75, 3.05) is 46.2 Å². The highest BCUT2D eigenvalue weighted by atomic mass is 32.2. The van der Waals surface area contributed by atoms with Crippen LogP contribution in [0.2, 0.25) is 0 Å². The Morgan fingerprint density at radius 2 is 2.33 bits per heavy atom. The molecule has 0 aromatic rings. The predicted octanol–water partition coefficient (Wildman–Crippen LogP) is 0.646. The van der Waals surface area contributed by atoms with Crippen molar-refractivity contribution < 1.29 is 4.74 Å². The van der Waals surface area contributed by atoms with Crippen molar-refractivity contribution in [3.8, 4) is 0 Å². The summed E-state index contributed by atoms with van der Waals surface area (Å²) in [5.41, 5.74) is 0. The highest BCUT2D eigenvalue weighted by Gasteiger charge is 2.14. The molecule has 1 unspecified atom stereocenters. The van der Waals surface area contributed by atoms with Crippen LogP contribution >= 0.6 is 11.8 Å². The van der Waals surface area contributed by atoms with Crippen LogP contribution in [-0.4, -0.2) is 62.3 Å². The number of hydrogen-bond acceptors (Lipinski definition) is 4. The van der Waals surface area contributed by atoms with E-state index < -0.39 is 0 Å². The van der Waals surface area contributed by atoms with Gasteiger partial charge in [0.2, 0.25) is 0 Å². The third-order valence-corrected chi connectivity index (χ3v) is 3.20. The number of hydrogen-bond donors (Lipinski definition) is 1. The summed E-state index contributed by atoms with van der Waals surface area (Å²) in [6, 6.07) is 0.559. The van der Waals surface area contributed by atoms with Crippen LogP contribution in [0.15, 0.2) is 4.99 Å². The van der Waals surface area contributed by atoms with E-state index in [4.69, 9.17) is 4.74 Å². The minimum absolute atomic E-state index is 0.559. The fourth-order valence-corrected chi connectivity index (χ4v) is 2.11. The summed E-state index contributed by atoms with van der Waals surface area (Å²) in [5.74, 6) is 1.13. The van der Waals surface area contributed by atoms with Crippen LogP contribution in [0.5, 0.6) is 0 Å². The molecule has 0 amide bonds. The van der Waals surface area contributed by atoms with Crippen LogP contribution in [0, 0.1) is 0 Å². The van der Waals surface area contributed by atoms with Crippen LogP contribution in [0.4, 0.5) is 0 Å². The van der Waals surface area contributed by atoms with Crippen LogP contribution < -0.4 is 5.32 Å². The molecule has 1 heterocycles. The average molecular weight is 231 g/mol. The van der Waals surface area contributed by atoms with Gasteiger partial charge in [-0.05, 0) is 21.0 Å². The Labute approximate surface area is 96.5 Å². The van der Waals surface area contributed by atoms with Gasteiger partial charge in [0.1, 0.15) is 0 Å². The summed E-state index contributed by atoms with van der Waals surface area (Å²) < 4.78 is 5.45. The van der Waals surface area contributed by atoms with Gasteiger partial charge >= 0.3 is 0 Å². The van der Waals surface area contributed by atoms with Crippen molar-refractivity contribution in [3.63, 3.8) is 0 Å². The lowest BCUT2D eigenvalue weighted by atomic mass is 10.4. The lowest BCUT2D eigenvalue weighted by Crippen LogP contribution is -2.23. The lowest BCUT2D eigenvalue weighted by Gasteiger charge is -2.08. The Kier molecular flexibility index (Phi) is 6.05. The molecule has 0 bridgehead atoms. The minimum atomic E-state index is 0.559. The smallest absolute Gasteiger partial charge is 0.156 e. The summed E-state index contributed by atoms with van der Waals surface area (Å²) in [5, 5.41) is 4.38. The SMILES string of the molecule is CC1CSC(=NCCOCCN(C)C)N1. The molecule has 4 nitrogen and oxygen atoms in total. The van der Waals surface area contributed by atoms with Crippen molar-refractivity contribution in [3.05, 3.63) is 0 Å². The minimum Gasteiger partial charge on any atom is -0.378 e. The van der Waals surface area contributed by atoms with Gasteiger partial charge in [-0.15, -0.1) is 0 Å². The summed E-state index contributed by atoms with van der Waals surface area (Å²) in [4.78, 5) is 6.53. The van der Waals surface area contributed by atoms with Gasteiger partial charge < -0.3 is 15.0 Å². The van der Waals surface area contributed by atoms with E-state index in [1.807, 2.05) is 14.1 Å². The van der Waals surface area contributed by atoms with E-state index >= 15 is 0 Å². The first-order chi connectivity index (χ1) is 7.18. The summed E-state index contributed by atoms with van der Waals surface area (Å²) in [6.07, 6.45) is 0. The fraction of sp³-hybridized carbons (Fsp3) is 0.900. The Morgan fingerprint density at radius 1 is 1.53 bits per heavy atom. The van der Waals surface area contributed by atoms with Crippen LogP contribution in [0.1, 0.15) is 6.92 Å². The van der Waals surface area contributed by atoms with E-state index in [1.54, 1.807) is 11.8 Å². The fourth-order valence-electron chi connectivity index (χ4n) is 1.15. The molecule has 1 atom stereocenters. The van der Waals surface area contributed by atoms with E-state index in [9.17, 15) is 0 Å². The second-order valence-electron chi connectivity index (χ2n) is 3.96. The number of aliphatic imine (C=N–C) groups is 1. The second-order valence-corrected chi connectivity index (χ2v) is 4.97. The zero-order valence-electron chi connectivity index (χ0n) is 9.82. The number of nitrogens with zero attached hydrogens (tertiary/aromatic N) is 2. The van der Waals surface area contributed by atoms with Gasteiger partial charge in [0.15, 0.2) is 5.17 Å². The molecule has 15 heavy (non-hydrogen) atoms. The van der Waals surface area contributed by atoms with Crippen LogP contribution in [0.3, 0.4) is 0 Å². The molecule has 0 aliphatic carbocycles. The first-order valence-electron chi connectivity index (χ1n) is 5.34. The highest BCUT2D eigenvalue weighted by Crippen LogP contribution is 2.12. The molecule has 1 N–H and O–H groups in total. The van der Waals surface area contributed by atoms with Gasteiger partial charge in [0.25, 0.3) is 0 Å². The number of likely N-dealkylation sites (N-methyl/N-ethyl adjacent to an activating group) is 1. The van der Waals surface area contributed by atoms with Crippen LogP contribution in [0.25, 0.3) is 0 Å². The lowest BCUT2D eigenvalue weighted by molar-refractivity contribution is 0.124. The zero-order chi connectivity index (χ0) is 11.1. The maximum absolute atomic E-state index is 5.45.